The molecule has 4 rings (SSSR count). The maximum atomic E-state index is 13.2. The molecule has 0 bridgehead atoms. The van der Waals surface area contributed by atoms with Crippen LogP contribution in [0.5, 0.6) is 0 Å². The van der Waals surface area contributed by atoms with Crippen molar-refractivity contribution >= 4 is 11.8 Å². The fourth-order valence-electron chi connectivity index (χ4n) is 4.69. The Morgan fingerprint density at radius 2 is 1.90 bits per heavy atom. The monoisotopic (exact) mass is 417 g/mol. The first-order valence-corrected chi connectivity index (χ1v) is 11.2. The van der Waals surface area contributed by atoms with Gasteiger partial charge < -0.3 is 10.2 Å². The molecule has 2 amide bonds. The number of amides is 2. The van der Waals surface area contributed by atoms with Crippen molar-refractivity contribution in [3.8, 4) is 11.1 Å². The quantitative estimate of drug-likeness (QED) is 0.696. The number of hydrogen-bond donors (Lipinski definition) is 1. The van der Waals surface area contributed by atoms with Gasteiger partial charge in [0.05, 0.1) is 5.41 Å². The van der Waals surface area contributed by atoms with Gasteiger partial charge in [0.1, 0.15) is 0 Å². The maximum Gasteiger partial charge on any atom is 0.226 e. The van der Waals surface area contributed by atoms with Crippen LogP contribution in [0.4, 0.5) is 0 Å². The second-order valence-corrected chi connectivity index (χ2v) is 9.04. The van der Waals surface area contributed by atoms with E-state index in [0.717, 1.165) is 23.1 Å². The Balaban J connectivity index is 1.53. The van der Waals surface area contributed by atoms with Crippen molar-refractivity contribution in [2.45, 2.75) is 32.6 Å². The number of likely N-dealkylation sites (tertiary alicyclic amines) is 1. The fourth-order valence-corrected chi connectivity index (χ4v) is 4.69. The van der Waals surface area contributed by atoms with Gasteiger partial charge >= 0.3 is 0 Å². The first kappa shape index (κ1) is 21.3. The van der Waals surface area contributed by atoms with Gasteiger partial charge in [0.25, 0.3) is 0 Å². The SMILES string of the molecule is C=CCNC(=O)C1(Cc2cccc(-c3ccncc3)c2)CCN(C(=O)[C@H]2C[C@@H]2C)CC1. The summed E-state index contributed by atoms with van der Waals surface area (Å²) in [7, 11) is 0. The first-order valence-electron chi connectivity index (χ1n) is 11.2. The number of benzene rings is 1. The molecule has 1 aromatic carbocycles. The molecule has 162 valence electrons. The second kappa shape index (κ2) is 9.04. The third-order valence-corrected chi connectivity index (χ3v) is 6.83. The number of piperidine rings is 1. The van der Waals surface area contributed by atoms with Crippen molar-refractivity contribution in [2.75, 3.05) is 19.6 Å². The van der Waals surface area contributed by atoms with E-state index in [1.807, 2.05) is 23.1 Å². The summed E-state index contributed by atoms with van der Waals surface area (Å²) < 4.78 is 0. The van der Waals surface area contributed by atoms with Crippen molar-refractivity contribution < 1.29 is 9.59 Å². The molecule has 2 fully saturated rings. The van der Waals surface area contributed by atoms with Crippen LogP contribution in [-0.2, 0) is 16.0 Å². The number of nitrogens with one attached hydrogen (secondary N) is 1. The number of rotatable bonds is 7. The lowest BCUT2D eigenvalue weighted by molar-refractivity contribution is -0.141. The van der Waals surface area contributed by atoms with E-state index >= 15 is 0 Å². The second-order valence-electron chi connectivity index (χ2n) is 9.04. The zero-order valence-corrected chi connectivity index (χ0v) is 18.2. The Kier molecular flexibility index (Phi) is 6.21. The number of hydrogen-bond acceptors (Lipinski definition) is 3. The van der Waals surface area contributed by atoms with Crippen molar-refractivity contribution in [2.24, 2.45) is 17.3 Å². The first-order chi connectivity index (χ1) is 15.0. The van der Waals surface area contributed by atoms with E-state index in [4.69, 9.17) is 0 Å². The zero-order valence-electron chi connectivity index (χ0n) is 18.2. The van der Waals surface area contributed by atoms with E-state index in [-0.39, 0.29) is 17.7 Å². The molecule has 2 aromatic rings. The lowest BCUT2D eigenvalue weighted by Crippen LogP contribution is -2.51. The number of carbonyl (C=O) groups is 2. The van der Waals surface area contributed by atoms with E-state index in [1.165, 1.54) is 0 Å². The minimum atomic E-state index is -0.508. The van der Waals surface area contributed by atoms with Crippen LogP contribution < -0.4 is 5.32 Å². The van der Waals surface area contributed by atoms with Crippen molar-refractivity contribution in [3.05, 3.63) is 67.0 Å². The molecule has 0 radical (unpaired) electrons. The van der Waals surface area contributed by atoms with Gasteiger partial charge in [-0.15, -0.1) is 6.58 Å². The summed E-state index contributed by atoms with van der Waals surface area (Å²) in [5.74, 6) is 1.03. The van der Waals surface area contributed by atoms with E-state index < -0.39 is 5.41 Å². The van der Waals surface area contributed by atoms with E-state index in [1.54, 1.807) is 18.5 Å². The summed E-state index contributed by atoms with van der Waals surface area (Å²) >= 11 is 0. The van der Waals surface area contributed by atoms with Gasteiger partial charge in [-0.1, -0.05) is 37.3 Å². The molecule has 0 spiro atoms. The Morgan fingerprint density at radius 3 is 2.55 bits per heavy atom. The highest BCUT2D eigenvalue weighted by molar-refractivity contribution is 5.85. The van der Waals surface area contributed by atoms with Gasteiger partial charge in [0, 0.05) is 37.9 Å². The lowest BCUT2D eigenvalue weighted by atomic mass is 9.72. The van der Waals surface area contributed by atoms with Crippen LogP contribution in [0.15, 0.2) is 61.4 Å². The summed E-state index contributed by atoms with van der Waals surface area (Å²) in [6.07, 6.45) is 8.33. The summed E-state index contributed by atoms with van der Waals surface area (Å²) in [6, 6.07) is 12.4. The molecule has 1 aromatic heterocycles. The van der Waals surface area contributed by atoms with Gasteiger partial charge in [-0.2, -0.15) is 0 Å². The number of carbonyl (C=O) groups excluding carboxylic acids is 2. The predicted molar refractivity (Wildman–Crippen MR) is 122 cm³/mol. The minimum Gasteiger partial charge on any atom is -0.352 e. The Hall–Kier alpha value is -2.95. The molecule has 1 saturated heterocycles. The lowest BCUT2D eigenvalue weighted by Gasteiger charge is -2.41. The van der Waals surface area contributed by atoms with E-state index in [2.05, 4.69) is 42.0 Å². The number of pyridine rings is 1. The maximum absolute atomic E-state index is 13.2. The molecular weight excluding hydrogens is 386 g/mol. The minimum absolute atomic E-state index is 0.0635. The van der Waals surface area contributed by atoms with E-state index in [9.17, 15) is 9.59 Å². The van der Waals surface area contributed by atoms with Crippen molar-refractivity contribution in [1.29, 1.82) is 0 Å². The largest absolute Gasteiger partial charge is 0.352 e. The summed E-state index contributed by atoms with van der Waals surface area (Å²) in [6.45, 7) is 7.61. The van der Waals surface area contributed by atoms with Gasteiger partial charge in [0.2, 0.25) is 11.8 Å². The normalized spacial score (nSPS) is 21.9. The third kappa shape index (κ3) is 4.71. The molecule has 1 saturated carbocycles. The van der Waals surface area contributed by atoms with Gasteiger partial charge in [-0.3, -0.25) is 14.6 Å². The highest BCUT2D eigenvalue weighted by Crippen LogP contribution is 2.42. The highest BCUT2D eigenvalue weighted by Gasteiger charge is 2.46. The van der Waals surface area contributed by atoms with Gasteiger partial charge in [-0.25, -0.2) is 0 Å². The average molecular weight is 418 g/mol. The van der Waals surface area contributed by atoms with Crippen molar-refractivity contribution in [3.63, 3.8) is 0 Å². The predicted octanol–water partition coefficient (Wildman–Crippen LogP) is 3.86. The molecule has 31 heavy (non-hydrogen) atoms. The third-order valence-electron chi connectivity index (χ3n) is 6.83. The number of aromatic nitrogens is 1. The Bertz CT molecular complexity index is 948. The highest BCUT2D eigenvalue weighted by atomic mass is 16.2. The Morgan fingerprint density at radius 1 is 1.19 bits per heavy atom. The van der Waals surface area contributed by atoms with Crippen LogP contribution >= 0.6 is 0 Å². The molecule has 1 N–H and O–H groups in total. The summed E-state index contributed by atoms with van der Waals surface area (Å²) in [5.41, 5.74) is 2.86. The van der Waals surface area contributed by atoms with Crippen LogP contribution in [0, 0.1) is 17.3 Å². The molecule has 2 aliphatic rings. The van der Waals surface area contributed by atoms with Crippen LogP contribution in [0.25, 0.3) is 11.1 Å². The molecule has 0 unspecified atom stereocenters. The molecule has 1 aliphatic carbocycles. The van der Waals surface area contributed by atoms with Gasteiger partial charge in [-0.05, 0) is 60.4 Å². The molecule has 2 atom stereocenters. The molecule has 2 heterocycles. The van der Waals surface area contributed by atoms with Gasteiger partial charge in [0.15, 0.2) is 0 Å². The molecular formula is C26H31N3O2. The van der Waals surface area contributed by atoms with E-state index in [0.29, 0.717) is 44.8 Å². The van der Waals surface area contributed by atoms with Crippen LogP contribution in [0.2, 0.25) is 0 Å². The Labute approximate surface area is 184 Å². The smallest absolute Gasteiger partial charge is 0.226 e. The molecule has 1 aliphatic heterocycles. The van der Waals surface area contributed by atoms with Crippen LogP contribution in [0.1, 0.15) is 31.7 Å². The molecule has 5 heteroatoms. The average Bonchev–Trinajstić information content (AvgIpc) is 3.54. The summed E-state index contributed by atoms with van der Waals surface area (Å²) in [4.78, 5) is 32.0. The van der Waals surface area contributed by atoms with Crippen molar-refractivity contribution in [1.82, 2.24) is 15.2 Å². The molecule has 5 nitrogen and oxygen atoms in total. The number of nitrogens with zero attached hydrogens (tertiary/aromatic N) is 2. The summed E-state index contributed by atoms with van der Waals surface area (Å²) in [5, 5.41) is 3.03. The van der Waals surface area contributed by atoms with Crippen LogP contribution in [0.3, 0.4) is 0 Å². The zero-order chi connectivity index (χ0) is 21.8. The topological polar surface area (TPSA) is 62.3 Å². The van der Waals surface area contributed by atoms with Crippen LogP contribution in [-0.4, -0.2) is 41.3 Å². The fraction of sp³-hybridized carbons (Fsp3) is 0.423. The standard InChI is InChI=1S/C26H31N3O2/c1-3-11-28-25(31)26(9-14-29(15-10-26)24(30)23-16-19(23)2)18-20-5-4-6-22(17-20)21-7-12-27-13-8-21/h3-8,12-13,17,19,23H,1,9-11,14-16,18H2,2H3,(H,28,31)/t19-,23-/m0/s1.